The monoisotopic (exact) mass is 174 g/mol. The minimum absolute atomic E-state index is 0.704. The van der Waals surface area contributed by atoms with E-state index < -0.39 is 16.5 Å². The lowest BCUT2D eigenvalue weighted by atomic mass is 11.0. The largest absolute Gasteiger partial charge is 0.384 e. The van der Waals surface area contributed by atoms with Crippen LogP contribution in [-0.2, 0) is 10.5 Å². The molecule has 0 radical (unpaired) electrons. The maximum absolute atomic E-state index is 10.6. The molecule has 1 heterocycles. The summed E-state index contributed by atoms with van der Waals surface area (Å²) < 4.78 is 23.1. The fraction of sp³-hybridized carbons (Fsp3) is 0. The molecule has 0 spiro atoms. The first kappa shape index (κ1) is 7.54. The molecule has 0 N–H and O–H groups in total. The van der Waals surface area contributed by atoms with E-state index in [-0.39, 0.29) is 0 Å². The predicted octanol–water partition coefficient (Wildman–Crippen LogP) is -0.691. The first-order chi connectivity index (χ1) is 5.20. The summed E-state index contributed by atoms with van der Waals surface area (Å²) in [6, 6.07) is -0.990. The van der Waals surface area contributed by atoms with Crippen molar-refractivity contribution in [1.82, 2.24) is 14.8 Å². The van der Waals surface area contributed by atoms with Crippen molar-refractivity contribution >= 4 is 16.5 Å². The van der Waals surface area contributed by atoms with E-state index in [0.29, 0.717) is 4.68 Å². The summed E-state index contributed by atoms with van der Waals surface area (Å²) in [5, 5.41) is 3.36. The van der Waals surface area contributed by atoms with Crippen LogP contribution in [0.5, 0.6) is 0 Å². The lowest BCUT2D eigenvalue weighted by molar-refractivity contribution is 0.248. The number of carbonyl (C=O) groups excluding carboxylic acids is 1. The van der Waals surface area contributed by atoms with Crippen molar-refractivity contribution in [3.63, 3.8) is 0 Å². The van der Waals surface area contributed by atoms with Crippen molar-refractivity contribution in [3.05, 3.63) is 12.7 Å². The highest BCUT2D eigenvalue weighted by Gasteiger charge is 2.01. The highest BCUT2D eigenvalue weighted by atomic mass is 32.2. The van der Waals surface area contributed by atoms with Crippen LogP contribution in [0, 0.1) is 0 Å². The molecule has 1 aromatic rings. The van der Waals surface area contributed by atoms with E-state index in [0.717, 1.165) is 12.7 Å². The topological polar surface area (TPSA) is 94.3 Å². The quantitative estimate of drug-likeness (QED) is 0.518. The highest BCUT2D eigenvalue weighted by Crippen LogP contribution is 1.82. The Kier molecular flexibility index (Phi) is 2.06. The number of aromatic nitrogens is 3. The van der Waals surface area contributed by atoms with Gasteiger partial charge in [-0.2, -0.15) is 18.2 Å². The number of carbonyl (C=O) groups is 1. The van der Waals surface area contributed by atoms with Gasteiger partial charge in [0.25, 0.3) is 0 Å². The van der Waals surface area contributed by atoms with Crippen molar-refractivity contribution in [2.75, 3.05) is 0 Å². The SMILES string of the molecule is O=C(N=S(=O)=O)n1cncn1. The summed E-state index contributed by atoms with van der Waals surface area (Å²) in [7, 11) is -2.74. The third-order valence-electron chi connectivity index (χ3n) is 0.767. The molecule has 0 unspecified atom stereocenters. The molecule has 0 aliphatic heterocycles. The molecule has 0 aliphatic carbocycles. The summed E-state index contributed by atoms with van der Waals surface area (Å²) in [6.07, 6.45) is 2.15. The second-order valence-corrected chi connectivity index (χ2v) is 2.05. The zero-order valence-electron chi connectivity index (χ0n) is 5.08. The van der Waals surface area contributed by atoms with Crippen molar-refractivity contribution in [1.29, 1.82) is 0 Å². The maximum Gasteiger partial charge on any atom is 0.384 e. The van der Waals surface area contributed by atoms with E-state index in [1.165, 1.54) is 0 Å². The molecule has 0 atom stereocenters. The Bertz CT molecular complexity index is 369. The Morgan fingerprint density at radius 2 is 2.27 bits per heavy atom. The van der Waals surface area contributed by atoms with Gasteiger partial charge in [0.05, 0.1) is 0 Å². The van der Waals surface area contributed by atoms with Crippen molar-refractivity contribution in [2.45, 2.75) is 0 Å². The van der Waals surface area contributed by atoms with E-state index in [4.69, 9.17) is 0 Å². The number of amides is 1. The Morgan fingerprint density at radius 3 is 2.73 bits per heavy atom. The Hall–Kier alpha value is -1.57. The molecule has 0 saturated heterocycles. The number of hydrogen-bond acceptors (Lipinski definition) is 5. The average molecular weight is 174 g/mol. The molecule has 1 aromatic heterocycles. The van der Waals surface area contributed by atoms with E-state index in [2.05, 4.69) is 14.4 Å². The van der Waals surface area contributed by atoms with E-state index in [1.54, 1.807) is 0 Å². The third-order valence-corrected chi connectivity index (χ3v) is 1.07. The van der Waals surface area contributed by atoms with Crippen LogP contribution in [-0.4, -0.2) is 29.2 Å². The standard InChI is InChI=1S/C3H2N4O3S/c8-3(6-11(9)10)7-2-4-1-5-7/h1-2H. The fourth-order valence-electron chi connectivity index (χ4n) is 0.413. The molecule has 7 nitrogen and oxygen atoms in total. The first-order valence-electron chi connectivity index (χ1n) is 2.40. The number of nitrogens with zero attached hydrogens (tertiary/aromatic N) is 4. The molecule has 0 fully saturated rings. The van der Waals surface area contributed by atoms with Crippen LogP contribution in [0.25, 0.3) is 0 Å². The first-order valence-corrected chi connectivity index (χ1v) is 3.43. The smallest absolute Gasteiger partial charge is 0.242 e. The van der Waals surface area contributed by atoms with Crippen LogP contribution in [0.1, 0.15) is 0 Å². The molecular weight excluding hydrogens is 172 g/mol. The van der Waals surface area contributed by atoms with Crippen LogP contribution in [0.2, 0.25) is 0 Å². The van der Waals surface area contributed by atoms with Gasteiger partial charge in [-0.1, -0.05) is 4.36 Å². The van der Waals surface area contributed by atoms with Crippen molar-refractivity contribution in [3.8, 4) is 0 Å². The summed E-state index contributed by atoms with van der Waals surface area (Å²) in [5.41, 5.74) is 0. The minimum atomic E-state index is -2.74. The zero-order chi connectivity index (χ0) is 8.27. The van der Waals surface area contributed by atoms with Gasteiger partial charge in [-0.05, 0) is 0 Å². The molecule has 58 valence electrons. The molecule has 8 heteroatoms. The Labute approximate surface area is 62.4 Å². The van der Waals surface area contributed by atoms with Gasteiger partial charge in [0, 0.05) is 0 Å². The normalized spacial score (nSPS) is 9.09. The summed E-state index contributed by atoms with van der Waals surface area (Å²) >= 11 is 0. The second-order valence-electron chi connectivity index (χ2n) is 1.43. The number of rotatable bonds is 0. The second kappa shape index (κ2) is 3.01. The van der Waals surface area contributed by atoms with Gasteiger partial charge < -0.3 is 0 Å². The average Bonchev–Trinajstić information content (AvgIpc) is 2.35. The molecule has 0 aromatic carbocycles. The van der Waals surface area contributed by atoms with Crippen LogP contribution in [0.15, 0.2) is 17.0 Å². The summed E-state index contributed by atoms with van der Waals surface area (Å²) in [6.45, 7) is 0. The molecule has 1 rings (SSSR count). The molecule has 1 amide bonds. The molecule has 0 saturated carbocycles. The van der Waals surface area contributed by atoms with Gasteiger partial charge in [0.15, 0.2) is 0 Å². The third kappa shape index (κ3) is 1.93. The van der Waals surface area contributed by atoms with Gasteiger partial charge in [0.2, 0.25) is 0 Å². The molecule has 0 aliphatic rings. The van der Waals surface area contributed by atoms with Gasteiger partial charge in [-0.3, -0.25) is 0 Å². The van der Waals surface area contributed by atoms with Gasteiger partial charge in [-0.25, -0.2) is 9.78 Å². The van der Waals surface area contributed by atoms with Crippen LogP contribution in [0.4, 0.5) is 4.79 Å². The fourth-order valence-corrected chi connectivity index (χ4v) is 0.624. The maximum atomic E-state index is 10.6. The highest BCUT2D eigenvalue weighted by molar-refractivity contribution is 7.62. The van der Waals surface area contributed by atoms with Crippen LogP contribution in [0.3, 0.4) is 0 Å². The van der Waals surface area contributed by atoms with E-state index in [1.807, 2.05) is 0 Å². The Morgan fingerprint density at radius 1 is 1.55 bits per heavy atom. The predicted molar refractivity (Wildman–Crippen MR) is 32.2 cm³/mol. The van der Waals surface area contributed by atoms with Crippen LogP contribution >= 0.6 is 0 Å². The summed E-state index contributed by atoms with van der Waals surface area (Å²) in [4.78, 5) is 14.0. The van der Waals surface area contributed by atoms with Crippen molar-refractivity contribution in [2.24, 2.45) is 4.36 Å². The lowest BCUT2D eigenvalue weighted by Gasteiger charge is -1.84. The van der Waals surface area contributed by atoms with Gasteiger partial charge in [0.1, 0.15) is 12.7 Å². The van der Waals surface area contributed by atoms with E-state index >= 15 is 0 Å². The molecule has 11 heavy (non-hydrogen) atoms. The van der Waals surface area contributed by atoms with E-state index in [9.17, 15) is 13.2 Å². The number of hydrogen-bond donors (Lipinski definition) is 0. The molecule has 0 bridgehead atoms. The summed E-state index contributed by atoms with van der Waals surface area (Å²) in [5.74, 6) is 0. The Balaban J connectivity index is 2.97. The van der Waals surface area contributed by atoms with Crippen molar-refractivity contribution < 1.29 is 13.2 Å². The lowest BCUT2D eigenvalue weighted by Crippen LogP contribution is -2.05. The zero-order valence-corrected chi connectivity index (χ0v) is 5.89. The molecular formula is C3H2N4O3S. The van der Waals surface area contributed by atoms with Crippen LogP contribution < -0.4 is 0 Å². The van der Waals surface area contributed by atoms with Gasteiger partial charge in [-0.15, -0.1) is 0 Å². The minimum Gasteiger partial charge on any atom is -0.242 e. The van der Waals surface area contributed by atoms with Gasteiger partial charge >= 0.3 is 16.5 Å².